The number of nitrogens with two attached hydrogens (primary N) is 1. The van der Waals surface area contributed by atoms with Crippen molar-refractivity contribution in [3.8, 4) is 0 Å². The second kappa shape index (κ2) is 5.81. The molecule has 3 rings (SSSR count). The number of rotatable bonds is 6. The van der Waals surface area contributed by atoms with Gasteiger partial charge < -0.3 is 4.74 Å². The molecule has 0 aliphatic heterocycles. The topological polar surface area (TPSA) is 64.6 Å². The van der Waals surface area contributed by atoms with Crippen LogP contribution in [0.15, 0.2) is 17.8 Å². The van der Waals surface area contributed by atoms with E-state index in [-0.39, 0.29) is 11.6 Å². The molecule has 1 unspecified atom stereocenters. The monoisotopic (exact) mass is 294 g/mol. The zero-order chi connectivity index (χ0) is 14.0. The molecule has 110 valence electrons. The molecule has 0 bridgehead atoms. The van der Waals surface area contributed by atoms with Crippen LogP contribution in [0, 0.1) is 0 Å². The van der Waals surface area contributed by atoms with Gasteiger partial charge in [-0.1, -0.05) is 12.8 Å². The number of nitrogens with zero attached hydrogens (tertiary/aromatic N) is 2. The van der Waals surface area contributed by atoms with Crippen LogP contribution in [0.5, 0.6) is 0 Å². The molecule has 1 fully saturated rings. The second-order valence-corrected chi connectivity index (χ2v) is 6.33. The molecule has 1 saturated carbocycles. The van der Waals surface area contributed by atoms with Crippen molar-refractivity contribution in [2.45, 2.75) is 50.7 Å². The molecule has 1 atom stereocenters. The van der Waals surface area contributed by atoms with E-state index in [1.807, 2.05) is 11.6 Å². The standard InChI is InChI=1S/C14H22N4OS/c1-2-19-14(5-3-4-6-14)12(17-15)9-11-10-18-7-8-20-13(18)16-11/h7-8,10,12,17H,2-6,9,15H2,1H3. The van der Waals surface area contributed by atoms with E-state index in [0.717, 1.165) is 36.5 Å². The van der Waals surface area contributed by atoms with Gasteiger partial charge in [-0.2, -0.15) is 0 Å². The molecule has 5 nitrogen and oxygen atoms in total. The van der Waals surface area contributed by atoms with Gasteiger partial charge in [-0.05, 0) is 19.8 Å². The average molecular weight is 294 g/mol. The predicted octanol–water partition coefficient (Wildman–Crippen LogP) is 2.12. The van der Waals surface area contributed by atoms with Gasteiger partial charge in [0.1, 0.15) is 0 Å². The summed E-state index contributed by atoms with van der Waals surface area (Å²) in [5.74, 6) is 5.82. The van der Waals surface area contributed by atoms with Crippen LogP contribution in [0.25, 0.3) is 4.96 Å². The van der Waals surface area contributed by atoms with Crippen LogP contribution < -0.4 is 11.3 Å². The molecular formula is C14H22N4OS. The van der Waals surface area contributed by atoms with Crippen LogP contribution in [0.1, 0.15) is 38.3 Å². The molecule has 3 N–H and O–H groups in total. The minimum absolute atomic E-state index is 0.120. The van der Waals surface area contributed by atoms with Crippen LogP contribution in [0.4, 0.5) is 0 Å². The first-order valence-electron chi connectivity index (χ1n) is 7.28. The molecule has 0 amide bonds. The highest BCUT2D eigenvalue weighted by Gasteiger charge is 2.42. The Bertz CT molecular complexity index is 530. The van der Waals surface area contributed by atoms with Crippen LogP contribution in [-0.2, 0) is 11.2 Å². The van der Waals surface area contributed by atoms with Gasteiger partial charge in [0.25, 0.3) is 0 Å². The molecule has 2 heterocycles. The van der Waals surface area contributed by atoms with Gasteiger partial charge in [-0.15, -0.1) is 11.3 Å². The van der Waals surface area contributed by atoms with E-state index < -0.39 is 0 Å². The highest BCUT2D eigenvalue weighted by molar-refractivity contribution is 7.15. The van der Waals surface area contributed by atoms with Crippen molar-refractivity contribution in [2.24, 2.45) is 5.84 Å². The summed E-state index contributed by atoms with van der Waals surface area (Å²) in [5, 5.41) is 2.05. The maximum absolute atomic E-state index is 6.10. The fraction of sp³-hybridized carbons (Fsp3) is 0.643. The molecule has 1 aliphatic rings. The third-order valence-corrected chi connectivity index (χ3v) is 5.05. The normalized spacial score (nSPS) is 19.7. The molecule has 0 saturated heterocycles. The number of ether oxygens (including phenoxy) is 1. The molecule has 1 aliphatic carbocycles. The summed E-state index contributed by atoms with van der Waals surface area (Å²) in [5.41, 5.74) is 3.93. The number of hydrogen-bond donors (Lipinski definition) is 2. The largest absolute Gasteiger partial charge is 0.374 e. The summed E-state index contributed by atoms with van der Waals surface area (Å²) >= 11 is 1.65. The van der Waals surface area contributed by atoms with E-state index >= 15 is 0 Å². The first kappa shape index (κ1) is 14.0. The first-order valence-corrected chi connectivity index (χ1v) is 8.16. The van der Waals surface area contributed by atoms with Crippen molar-refractivity contribution in [1.82, 2.24) is 14.8 Å². The first-order chi connectivity index (χ1) is 9.77. The quantitative estimate of drug-likeness (QED) is 0.633. The Balaban J connectivity index is 1.80. The van der Waals surface area contributed by atoms with Gasteiger partial charge in [0.05, 0.1) is 17.3 Å². The molecule has 6 heteroatoms. The number of imidazole rings is 1. The fourth-order valence-electron chi connectivity index (χ4n) is 3.33. The van der Waals surface area contributed by atoms with Gasteiger partial charge in [-0.25, -0.2) is 4.98 Å². The molecule has 2 aromatic rings. The van der Waals surface area contributed by atoms with Crippen molar-refractivity contribution >= 4 is 16.3 Å². The van der Waals surface area contributed by atoms with Gasteiger partial charge in [0.15, 0.2) is 4.96 Å². The number of nitrogens with one attached hydrogen (secondary N) is 1. The Morgan fingerprint density at radius 3 is 3.00 bits per heavy atom. The zero-order valence-corrected chi connectivity index (χ0v) is 12.7. The number of thiazole rings is 1. The number of hydrazine groups is 1. The van der Waals surface area contributed by atoms with Gasteiger partial charge >= 0.3 is 0 Å². The Hall–Kier alpha value is -0.950. The molecule has 0 radical (unpaired) electrons. The van der Waals surface area contributed by atoms with Crippen molar-refractivity contribution < 1.29 is 4.74 Å². The molecular weight excluding hydrogens is 272 g/mol. The molecule has 0 aromatic carbocycles. The van der Waals surface area contributed by atoms with E-state index in [9.17, 15) is 0 Å². The van der Waals surface area contributed by atoms with E-state index in [4.69, 9.17) is 10.6 Å². The highest BCUT2D eigenvalue weighted by Crippen LogP contribution is 2.37. The summed E-state index contributed by atoms with van der Waals surface area (Å²) in [7, 11) is 0. The maximum Gasteiger partial charge on any atom is 0.193 e. The Morgan fingerprint density at radius 2 is 2.35 bits per heavy atom. The van der Waals surface area contributed by atoms with Crippen LogP contribution in [0.3, 0.4) is 0 Å². The summed E-state index contributed by atoms with van der Waals surface area (Å²) in [6.07, 6.45) is 9.54. The van der Waals surface area contributed by atoms with Crippen molar-refractivity contribution in [1.29, 1.82) is 0 Å². The number of fused-ring (bicyclic) bond motifs is 1. The van der Waals surface area contributed by atoms with Crippen LogP contribution in [-0.4, -0.2) is 27.6 Å². The van der Waals surface area contributed by atoms with Crippen LogP contribution >= 0.6 is 11.3 Å². The van der Waals surface area contributed by atoms with E-state index in [0.29, 0.717) is 0 Å². The Morgan fingerprint density at radius 1 is 1.55 bits per heavy atom. The van der Waals surface area contributed by atoms with Gasteiger partial charge in [0, 0.05) is 30.8 Å². The zero-order valence-electron chi connectivity index (χ0n) is 11.8. The lowest BCUT2D eigenvalue weighted by molar-refractivity contribution is -0.0615. The van der Waals surface area contributed by atoms with Crippen molar-refractivity contribution in [3.63, 3.8) is 0 Å². The highest BCUT2D eigenvalue weighted by atomic mass is 32.1. The predicted molar refractivity (Wildman–Crippen MR) is 80.7 cm³/mol. The van der Waals surface area contributed by atoms with Crippen molar-refractivity contribution in [2.75, 3.05) is 6.61 Å². The van der Waals surface area contributed by atoms with Gasteiger partial charge in [0.2, 0.25) is 0 Å². The average Bonchev–Trinajstić information content (AvgIpc) is 3.11. The van der Waals surface area contributed by atoms with Crippen molar-refractivity contribution in [3.05, 3.63) is 23.5 Å². The minimum atomic E-state index is -0.124. The lowest BCUT2D eigenvalue weighted by atomic mass is 9.89. The van der Waals surface area contributed by atoms with E-state index in [1.165, 1.54) is 12.8 Å². The lowest BCUT2D eigenvalue weighted by Gasteiger charge is -2.36. The Labute approximate surface area is 123 Å². The Kier molecular flexibility index (Phi) is 4.07. The third-order valence-electron chi connectivity index (χ3n) is 4.27. The second-order valence-electron chi connectivity index (χ2n) is 5.45. The van der Waals surface area contributed by atoms with Crippen LogP contribution in [0.2, 0.25) is 0 Å². The maximum atomic E-state index is 6.10. The number of hydrogen-bond acceptors (Lipinski definition) is 5. The minimum Gasteiger partial charge on any atom is -0.374 e. The molecule has 20 heavy (non-hydrogen) atoms. The van der Waals surface area contributed by atoms with Gasteiger partial charge in [-0.3, -0.25) is 15.7 Å². The SMILES string of the molecule is CCOC1(C(Cc2cn3ccsc3n2)NN)CCCC1. The summed E-state index contributed by atoms with van der Waals surface area (Å²) < 4.78 is 8.16. The fourth-order valence-corrected chi connectivity index (χ4v) is 4.05. The summed E-state index contributed by atoms with van der Waals surface area (Å²) in [6, 6.07) is 0.120. The summed E-state index contributed by atoms with van der Waals surface area (Å²) in [6.45, 7) is 2.79. The smallest absolute Gasteiger partial charge is 0.193 e. The number of aromatic nitrogens is 2. The molecule has 0 spiro atoms. The summed E-state index contributed by atoms with van der Waals surface area (Å²) in [4.78, 5) is 5.69. The van der Waals surface area contributed by atoms with E-state index in [1.54, 1.807) is 11.3 Å². The molecule has 2 aromatic heterocycles. The van der Waals surface area contributed by atoms with E-state index in [2.05, 4.69) is 27.9 Å². The lowest BCUT2D eigenvalue weighted by Crippen LogP contribution is -2.54. The third kappa shape index (κ3) is 2.48.